The number of benzene rings is 1. The minimum absolute atomic E-state index is 0.0961. The molecule has 0 aliphatic carbocycles. The molecule has 0 aromatic heterocycles. The van der Waals surface area contributed by atoms with Crippen molar-refractivity contribution in [2.45, 2.75) is 13.3 Å². The summed E-state index contributed by atoms with van der Waals surface area (Å²) in [6.45, 7) is 1.85. The molecule has 3 nitrogen and oxygen atoms in total. The van der Waals surface area contributed by atoms with Crippen molar-refractivity contribution in [3.63, 3.8) is 0 Å². The van der Waals surface area contributed by atoms with Gasteiger partial charge in [-0.15, -0.1) is 0 Å². The zero-order chi connectivity index (χ0) is 10.6. The summed E-state index contributed by atoms with van der Waals surface area (Å²) in [6.07, 6.45) is 0.705. The molecule has 1 rings (SSSR count). The molecular formula is C10H13BrN2O. The van der Waals surface area contributed by atoms with Crippen LogP contribution in [0.2, 0.25) is 0 Å². The van der Waals surface area contributed by atoms with Crippen LogP contribution in [0.3, 0.4) is 0 Å². The third kappa shape index (κ3) is 3.12. The maximum absolute atomic E-state index is 11.1. The van der Waals surface area contributed by atoms with Gasteiger partial charge in [0.15, 0.2) is 0 Å². The first kappa shape index (κ1) is 11.2. The highest BCUT2D eigenvalue weighted by molar-refractivity contribution is 9.10. The van der Waals surface area contributed by atoms with E-state index in [0.717, 1.165) is 10.0 Å². The number of nitrogens with one attached hydrogen (secondary N) is 1. The van der Waals surface area contributed by atoms with Gasteiger partial charge in [0.05, 0.1) is 0 Å². The second-order valence-electron chi connectivity index (χ2n) is 3.24. The van der Waals surface area contributed by atoms with Gasteiger partial charge < -0.3 is 0 Å². The van der Waals surface area contributed by atoms with Gasteiger partial charge in [-0.3, -0.25) is 10.2 Å². The molecule has 0 saturated heterocycles. The van der Waals surface area contributed by atoms with Gasteiger partial charge in [0.25, 0.3) is 0 Å². The zero-order valence-corrected chi connectivity index (χ0v) is 9.54. The van der Waals surface area contributed by atoms with Crippen LogP contribution < -0.4 is 11.3 Å². The Labute approximate surface area is 91.8 Å². The molecule has 14 heavy (non-hydrogen) atoms. The Balaban J connectivity index is 2.60. The summed E-state index contributed by atoms with van der Waals surface area (Å²) in [5.41, 5.74) is 3.28. The molecule has 0 heterocycles. The summed E-state index contributed by atoms with van der Waals surface area (Å²) < 4.78 is 1.04. The average molecular weight is 257 g/mol. The highest BCUT2D eigenvalue weighted by Crippen LogP contribution is 2.13. The first-order valence-corrected chi connectivity index (χ1v) is 5.17. The molecule has 1 amide bonds. The van der Waals surface area contributed by atoms with E-state index in [1.54, 1.807) is 0 Å². The molecule has 1 aromatic rings. The van der Waals surface area contributed by atoms with Gasteiger partial charge in [0.1, 0.15) is 0 Å². The minimum Gasteiger partial charge on any atom is -0.294 e. The predicted octanol–water partition coefficient (Wildman–Crippen LogP) is 1.62. The SMILES string of the molecule is C[C@@H](Cc1ccc(Br)cc1)C(=O)NN. The monoisotopic (exact) mass is 256 g/mol. The lowest BCUT2D eigenvalue weighted by molar-refractivity contribution is -0.124. The number of hydrogen-bond donors (Lipinski definition) is 2. The number of nitrogens with two attached hydrogens (primary N) is 1. The molecule has 0 unspecified atom stereocenters. The predicted molar refractivity (Wildman–Crippen MR) is 59.3 cm³/mol. The summed E-state index contributed by atoms with van der Waals surface area (Å²) >= 11 is 3.35. The van der Waals surface area contributed by atoms with Crippen LogP contribution in [0, 0.1) is 5.92 Å². The molecule has 0 spiro atoms. The molecule has 0 aliphatic heterocycles. The Bertz CT molecular complexity index is 310. The van der Waals surface area contributed by atoms with Crippen LogP contribution in [0.15, 0.2) is 28.7 Å². The molecule has 76 valence electrons. The summed E-state index contributed by atoms with van der Waals surface area (Å²) in [4.78, 5) is 11.1. The maximum Gasteiger partial charge on any atom is 0.237 e. The number of halogens is 1. The lowest BCUT2D eigenvalue weighted by atomic mass is 10.0. The maximum atomic E-state index is 11.1. The molecule has 0 fully saturated rings. The molecule has 0 saturated carbocycles. The first-order valence-electron chi connectivity index (χ1n) is 4.38. The normalized spacial score (nSPS) is 12.2. The third-order valence-corrected chi connectivity index (χ3v) is 2.57. The van der Waals surface area contributed by atoms with Gasteiger partial charge in [-0.2, -0.15) is 0 Å². The average Bonchev–Trinajstić information content (AvgIpc) is 2.20. The number of carbonyl (C=O) groups is 1. The van der Waals surface area contributed by atoms with E-state index in [9.17, 15) is 4.79 Å². The Kier molecular flexibility index (Phi) is 4.10. The first-order chi connectivity index (χ1) is 6.63. The summed E-state index contributed by atoms with van der Waals surface area (Å²) in [5.74, 6) is 4.82. The molecule has 3 N–H and O–H groups in total. The van der Waals surface area contributed by atoms with Crippen molar-refractivity contribution in [3.8, 4) is 0 Å². The van der Waals surface area contributed by atoms with Gasteiger partial charge in [-0.05, 0) is 24.1 Å². The van der Waals surface area contributed by atoms with Crippen LogP contribution in [0.1, 0.15) is 12.5 Å². The minimum atomic E-state index is -0.132. The number of rotatable bonds is 3. The number of amides is 1. The van der Waals surface area contributed by atoms with Crippen LogP contribution in [-0.2, 0) is 11.2 Å². The van der Waals surface area contributed by atoms with E-state index >= 15 is 0 Å². The molecule has 0 aliphatic rings. The van der Waals surface area contributed by atoms with Crippen LogP contribution >= 0.6 is 15.9 Å². The van der Waals surface area contributed by atoms with Crippen LogP contribution in [0.25, 0.3) is 0 Å². The van der Waals surface area contributed by atoms with E-state index in [4.69, 9.17) is 5.84 Å². The Morgan fingerprint density at radius 2 is 2.07 bits per heavy atom. The second-order valence-corrected chi connectivity index (χ2v) is 4.16. The van der Waals surface area contributed by atoms with Crippen molar-refractivity contribution in [3.05, 3.63) is 34.3 Å². The van der Waals surface area contributed by atoms with Gasteiger partial charge in [0, 0.05) is 10.4 Å². The van der Waals surface area contributed by atoms with E-state index in [1.165, 1.54) is 0 Å². The quantitative estimate of drug-likeness (QED) is 0.491. The lowest BCUT2D eigenvalue weighted by Crippen LogP contribution is -2.35. The fourth-order valence-electron chi connectivity index (χ4n) is 1.21. The Morgan fingerprint density at radius 1 is 1.50 bits per heavy atom. The molecular weight excluding hydrogens is 244 g/mol. The smallest absolute Gasteiger partial charge is 0.237 e. The fraction of sp³-hybridized carbons (Fsp3) is 0.300. The van der Waals surface area contributed by atoms with Crippen molar-refractivity contribution in [2.75, 3.05) is 0 Å². The van der Waals surface area contributed by atoms with Gasteiger partial charge in [0.2, 0.25) is 5.91 Å². The van der Waals surface area contributed by atoms with Crippen LogP contribution in [-0.4, -0.2) is 5.91 Å². The number of hydrogen-bond acceptors (Lipinski definition) is 2. The van der Waals surface area contributed by atoms with E-state index in [2.05, 4.69) is 21.4 Å². The van der Waals surface area contributed by atoms with Gasteiger partial charge >= 0.3 is 0 Å². The summed E-state index contributed by atoms with van der Waals surface area (Å²) in [6, 6.07) is 7.90. The highest BCUT2D eigenvalue weighted by atomic mass is 79.9. The molecule has 1 atom stereocenters. The molecule has 4 heteroatoms. The highest BCUT2D eigenvalue weighted by Gasteiger charge is 2.11. The third-order valence-electron chi connectivity index (χ3n) is 2.04. The van der Waals surface area contributed by atoms with Crippen molar-refractivity contribution in [2.24, 2.45) is 11.8 Å². The van der Waals surface area contributed by atoms with Crippen molar-refractivity contribution in [1.29, 1.82) is 0 Å². The number of hydrazine groups is 1. The molecule has 0 bridgehead atoms. The largest absolute Gasteiger partial charge is 0.294 e. The van der Waals surface area contributed by atoms with Gasteiger partial charge in [-0.25, -0.2) is 5.84 Å². The molecule has 0 radical (unpaired) electrons. The fourth-order valence-corrected chi connectivity index (χ4v) is 1.47. The van der Waals surface area contributed by atoms with Crippen LogP contribution in [0.4, 0.5) is 0 Å². The van der Waals surface area contributed by atoms with Gasteiger partial charge in [-0.1, -0.05) is 35.0 Å². The lowest BCUT2D eigenvalue weighted by Gasteiger charge is -2.09. The number of carbonyl (C=O) groups excluding carboxylic acids is 1. The van der Waals surface area contributed by atoms with Crippen molar-refractivity contribution < 1.29 is 4.79 Å². The zero-order valence-electron chi connectivity index (χ0n) is 7.96. The van der Waals surface area contributed by atoms with E-state index in [1.807, 2.05) is 31.2 Å². The van der Waals surface area contributed by atoms with E-state index < -0.39 is 0 Å². The van der Waals surface area contributed by atoms with E-state index in [0.29, 0.717) is 6.42 Å². The van der Waals surface area contributed by atoms with E-state index in [-0.39, 0.29) is 11.8 Å². The summed E-state index contributed by atoms with van der Waals surface area (Å²) in [7, 11) is 0. The Morgan fingerprint density at radius 3 is 2.57 bits per heavy atom. The van der Waals surface area contributed by atoms with Crippen molar-refractivity contribution in [1.82, 2.24) is 5.43 Å². The van der Waals surface area contributed by atoms with Crippen LogP contribution in [0.5, 0.6) is 0 Å². The topological polar surface area (TPSA) is 55.1 Å². The second kappa shape index (κ2) is 5.12. The standard InChI is InChI=1S/C10H13BrN2O/c1-7(10(14)13-12)6-8-2-4-9(11)5-3-8/h2-5,7H,6,12H2,1H3,(H,13,14)/t7-/m0/s1. The molecule has 1 aromatic carbocycles. The Hall–Kier alpha value is -0.870. The van der Waals surface area contributed by atoms with Crippen molar-refractivity contribution >= 4 is 21.8 Å². The summed E-state index contributed by atoms with van der Waals surface area (Å²) in [5, 5.41) is 0.